The zero-order valence-electron chi connectivity index (χ0n) is 30.1. The molecule has 3 aliphatic rings. The van der Waals surface area contributed by atoms with E-state index in [1.54, 1.807) is 41.2 Å². The van der Waals surface area contributed by atoms with Crippen molar-refractivity contribution < 1.29 is 44.4 Å². The molecule has 6 atom stereocenters. The normalized spacial score (nSPS) is 25.4. The topological polar surface area (TPSA) is 204 Å². The fraction of sp³-hybridized carbons (Fsp3) is 0.553. The second-order valence-corrected chi connectivity index (χ2v) is 13.8. The van der Waals surface area contributed by atoms with Crippen LogP contribution in [0.3, 0.4) is 0 Å². The molecule has 1 saturated carbocycles. The molecule has 4 N–H and O–H groups in total. The summed E-state index contributed by atoms with van der Waals surface area (Å²) < 4.78 is 20.2. The molecule has 0 bridgehead atoms. The van der Waals surface area contributed by atoms with Crippen molar-refractivity contribution in [2.24, 2.45) is 22.9 Å². The maximum Gasteiger partial charge on any atom is 0.269 e. The van der Waals surface area contributed by atoms with Crippen molar-refractivity contribution in [1.82, 2.24) is 15.0 Å². The first-order valence-corrected chi connectivity index (χ1v) is 18.5. The van der Waals surface area contributed by atoms with Crippen LogP contribution in [-0.2, 0) is 20.9 Å². The highest BCUT2D eigenvalue weighted by Gasteiger charge is 2.63. The number of unbranched alkanes of at least 4 members (excludes halogenated alkanes) is 2. The van der Waals surface area contributed by atoms with Gasteiger partial charge in [-0.15, -0.1) is 5.10 Å². The molecule has 0 spiro atoms. The van der Waals surface area contributed by atoms with Gasteiger partial charge in [0.15, 0.2) is 0 Å². The van der Waals surface area contributed by atoms with Gasteiger partial charge in [-0.05, 0) is 92.8 Å². The Bertz CT molecular complexity index is 1760. The van der Waals surface area contributed by atoms with Gasteiger partial charge in [0, 0.05) is 56.5 Å². The molecule has 15 heteroatoms. The average molecular weight is 736 g/mol. The lowest BCUT2D eigenvalue weighted by atomic mass is 9.55. The minimum atomic E-state index is -1.88. The largest absolute Gasteiger partial charge is 0.508 e. The van der Waals surface area contributed by atoms with Crippen molar-refractivity contribution in [3.05, 3.63) is 87.2 Å². The number of ether oxygens (including phenoxy) is 3. The van der Waals surface area contributed by atoms with E-state index in [-0.39, 0.29) is 55.4 Å². The van der Waals surface area contributed by atoms with Crippen molar-refractivity contribution >= 4 is 11.4 Å². The molecule has 1 aliphatic heterocycles. The van der Waals surface area contributed by atoms with Gasteiger partial charge < -0.3 is 39.5 Å². The van der Waals surface area contributed by atoms with Gasteiger partial charge in [0.05, 0.1) is 22.7 Å². The summed E-state index contributed by atoms with van der Waals surface area (Å²) in [5, 5.41) is 67.9. The van der Waals surface area contributed by atoms with E-state index in [9.17, 15) is 30.5 Å². The van der Waals surface area contributed by atoms with Crippen LogP contribution < -0.4 is 4.74 Å². The molecule has 6 rings (SSSR count). The summed E-state index contributed by atoms with van der Waals surface area (Å²) in [4.78, 5) is 16.7. The van der Waals surface area contributed by atoms with Gasteiger partial charge in [0.25, 0.3) is 5.69 Å². The SMILES string of the molecule is CCOC(OCC)c1cnnn1C1CC(=NOCc2ccc([N+](=O)[O-])cc2)C2=CC(CCCCO)C(CCCCO)C3c4cc(O)ccc4OC1(O)C23. The van der Waals surface area contributed by atoms with Crippen molar-refractivity contribution in [1.29, 1.82) is 0 Å². The van der Waals surface area contributed by atoms with Crippen molar-refractivity contribution in [3.8, 4) is 11.5 Å². The van der Waals surface area contributed by atoms with Crippen molar-refractivity contribution in [3.63, 3.8) is 0 Å². The number of allylic oxidation sites excluding steroid dienone is 1. The van der Waals surface area contributed by atoms with Crippen LogP contribution in [0, 0.1) is 27.9 Å². The van der Waals surface area contributed by atoms with Gasteiger partial charge in [-0.2, -0.15) is 0 Å². The number of hydrogen-bond acceptors (Lipinski definition) is 13. The van der Waals surface area contributed by atoms with E-state index >= 15 is 0 Å². The van der Waals surface area contributed by atoms with Crippen molar-refractivity contribution in [2.45, 2.75) is 89.4 Å². The molecular formula is C38H49N5O10. The number of oxime groups is 1. The molecule has 0 radical (unpaired) electrons. The lowest BCUT2D eigenvalue weighted by molar-refractivity contribution is -0.384. The van der Waals surface area contributed by atoms with Gasteiger partial charge in [0.1, 0.15) is 29.8 Å². The minimum Gasteiger partial charge on any atom is -0.508 e. The molecule has 2 heterocycles. The molecule has 0 amide bonds. The Hall–Kier alpha value is -4.41. The monoisotopic (exact) mass is 735 g/mol. The third-order valence-corrected chi connectivity index (χ3v) is 10.6. The number of aliphatic hydroxyl groups excluding tert-OH is 2. The number of non-ortho nitro benzene ring substituents is 1. The lowest BCUT2D eigenvalue weighted by Gasteiger charge is -2.56. The van der Waals surface area contributed by atoms with Crippen LogP contribution in [0.25, 0.3) is 0 Å². The van der Waals surface area contributed by atoms with Crippen LogP contribution in [0.2, 0.25) is 0 Å². The standard InChI is InChI=1S/C38H49N5O10/c1-3-50-37(51-4-2)32-22-39-41-42(32)34-21-31(40-52-23-24-11-13-26(14-12-24)43(48)49)29-19-25(9-5-7-17-44)28(10-6-8-18-45)35-30-20-27(46)15-16-33(30)53-38(34,47)36(29)35/h11-16,19-20,22,25,28,34-37,44-47H,3-10,17-18,21,23H2,1-2H3. The first-order valence-electron chi connectivity index (χ1n) is 18.5. The quantitative estimate of drug-likeness (QED) is 0.0557. The number of nitro groups is 1. The lowest BCUT2D eigenvalue weighted by Crippen LogP contribution is -2.62. The van der Waals surface area contributed by atoms with E-state index < -0.39 is 29.0 Å². The van der Waals surface area contributed by atoms with E-state index in [2.05, 4.69) is 16.4 Å². The number of rotatable bonds is 18. The van der Waals surface area contributed by atoms with E-state index in [0.717, 1.165) is 36.8 Å². The molecule has 0 saturated heterocycles. The summed E-state index contributed by atoms with van der Waals surface area (Å²) in [6, 6.07) is 10.1. The Morgan fingerprint density at radius 2 is 1.77 bits per heavy atom. The molecule has 3 aromatic rings. The minimum absolute atomic E-state index is 0.00711. The number of hydrogen-bond donors (Lipinski definition) is 4. The second kappa shape index (κ2) is 17.2. The highest BCUT2D eigenvalue weighted by Crippen LogP contribution is 2.62. The molecular weight excluding hydrogens is 686 g/mol. The predicted octanol–water partition coefficient (Wildman–Crippen LogP) is 5.46. The van der Waals surface area contributed by atoms with E-state index in [1.165, 1.54) is 12.1 Å². The van der Waals surface area contributed by atoms with Crippen LogP contribution in [0.1, 0.15) is 93.9 Å². The molecule has 6 unspecified atom stereocenters. The average Bonchev–Trinajstić information content (AvgIpc) is 3.63. The zero-order valence-corrected chi connectivity index (χ0v) is 30.1. The molecule has 1 aromatic heterocycles. The fourth-order valence-electron chi connectivity index (χ4n) is 8.29. The maximum absolute atomic E-state index is 13.2. The number of aromatic nitrogens is 3. The number of phenolic OH excluding ortho intramolecular Hbond substituents is 1. The summed E-state index contributed by atoms with van der Waals surface area (Å²) >= 11 is 0. The zero-order chi connectivity index (χ0) is 37.5. The van der Waals surface area contributed by atoms with Crippen LogP contribution in [0.15, 0.2) is 65.5 Å². The molecule has 15 nitrogen and oxygen atoms in total. The van der Waals surface area contributed by atoms with E-state index in [0.29, 0.717) is 48.8 Å². The Labute approximate surface area is 308 Å². The third kappa shape index (κ3) is 7.94. The summed E-state index contributed by atoms with van der Waals surface area (Å²) in [6.45, 7) is 4.59. The Kier molecular flexibility index (Phi) is 12.4. The van der Waals surface area contributed by atoms with E-state index in [1.807, 2.05) is 13.8 Å². The van der Waals surface area contributed by atoms with Gasteiger partial charge in [0.2, 0.25) is 12.1 Å². The number of aromatic hydroxyl groups is 1. The fourth-order valence-corrected chi connectivity index (χ4v) is 8.29. The number of fused-ring (bicyclic) bond motifs is 2. The second-order valence-electron chi connectivity index (χ2n) is 13.8. The molecule has 53 heavy (non-hydrogen) atoms. The number of benzene rings is 2. The van der Waals surface area contributed by atoms with Crippen LogP contribution >= 0.6 is 0 Å². The Balaban J connectivity index is 1.50. The van der Waals surface area contributed by atoms with Crippen LogP contribution in [0.5, 0.6) is 11.5 Å². The van der Waals surface area contributed by atoms with Gasteiger partial charge >= 0.3 is 0 Å². The first kappa shape index (κ1) is 38.3. The first-order chi connectivity index (χ1) is 25.7. The molecule has 286 valence electrons. The van der Waals surface area contributed by atoms with Crippen molar-refractivity contribution in [2.75, 3.05) is 26.4 Å². The molecule has 1 fully saturated rings. The number of nitrogens with zero attached hydrogens (tertiary/aromatic N) is 5. The highest BCUT2D eigenvalue weighted by atomic mass is 16.7. The Morgan fingerprint density at radius 3 is 2.45 bits per heavy atom. The number of nitro benzene ring substituents is 1. The summed E-state index contributed by atoms with van der Waals surface area (Å²) in [5.74, 6) is -2.43. The number of phenols is 1. The van der Waals surface area contributed by atoms with Gasteiger partial charge in [-0.3, -0.25) is 10.1 Å². The summed E-state index contributed by atoms with van der Waals surface area (Å²) in [5.41, 5.74) is 3.23. The Morgan fingerprint density at radius 1 is 1.06 bits per heavy atom. The smallest absolute Gasteiger partial charge is 0.269 e. The maximum atomic E-state index is 13.2. The molecule has 2 aliphatic carbocycles. The van der Waals surface area contributed by atoms with E-state index in [4.69, 9.17) is 24.2 Å². The van der Waals surface area contributed by atoms with Crippen LogP contribution in [0.4, 0.5) is 5.69 Å². The van der Waals surface area contributed by atoms with Gasteiger partial charge in [-0.25, -0.2) is 4.68 Å². The highest BCUT2D eigenvalue weighted by molar-refractivity contribution is 6.02. The predicted molar refractivity (Wildman–Crippen MR) is 192 cm³/mol. The third-order valence-electron chi connectivity index (χ3n) is 10.6. The van der Waals surface area contributed by atoms with Gasteiger partial charge in [-0.1, -0.05) is 29.3 Å². The molecule has 2 aromatic carbocycles. The number of aliphatic hydroxyl groups is 3. The summed E-state index contributed by atoms with van der Waals surface area (Å²) in [6.07, 6.45) is 7.30. The van der Waals surface area contributed by atoms with Crippen LogP contribution in [-0.4, -0.2) is 78.3 Å². The summed E-state index contributed by atoms with van der Waals surface area (Å²) in [7, 11) is 0.